The minimum Gasteiger partial charge on any atom is -0.467 e. The third-order valence-corrected chi connectivity index (χ3v) is 6.64. The van der Waals surface area contributed by atoms with Gasteiger partial charge in [-0.05, 0) is 70.6 Å². The fourth-order valence-corrected chi connectivity index (χ4v) is 4.42. The van der Waals surface area contributed by atoms with Gasteiger partial charge in [-0.25, -0.2) is 4.79 Å². The maximum Gasteiger partial charge on any atom is 0.416 e. The van der Waals surface area contributed by atoms with Gasteiger partial charge < -0.3 is 14.8 Å². The minimum atomic E-state index is -4.44. The first kappa shape index (κ1) is 28.4. The highest BCUT2D eigenvalue weighted by Crippen LogP contribution is 2.32. The SMILES string of the molecule is COC(=O)[C@H](Cc1ccc(-c2ccccc2)cc1)NC(=O)c1cc2cc(Oc3ccc(C(F)(F)F)cc3)ccc2cn1. The molecule has 0 saturated carbocycles. The molecule has 0 saturated heterocycles. The Morgan fingerprint density at radius 1 is 0.810 bits per heavy atom. The van der Waals surface area contributed by atoms with Crippen LogP contribution in [0, 0.1) is 0 Å². The number of nitrogens with zero attached hydrogens (tertiary/aromatic N) is 1. The smallest absolute Gasteiger partial charge is 0.416 e. The van der Waals surface area contributed by atoms with Gasteiger partial charge in [-0.2, -0.15) is 13.2 Å². The molecule has 5 aromatic rings. The highest BCUT2D eigenvalue weighted by Gasteiger charge is 2.30. The number of carbonyl (C=O) groups is 2. The second kappa shape index (κ2) is 12.1. The van der Waals surface area contributed by atoms with E-state index in [1.807, 2.05) is 54.6 Å². The van der Waals surface area contributed by atoms with Crippen LogP contribution in [0.4, 0.5) is 13.2 Å². The summed E-state index contributed by atoms with van der Waals surface area (Å²) in [5, 5.41) is 4.05. The molecule has 0 radical (unpaired) electrons. The molecule has 9 heteroatoms. The Kier molecular flexibility index (Phi) is 8.19. The number of nitrogens with one attached hydrogen (secondary N) is 1. The summed E-state index contributed by atoms with van der Waals surface area (Å²) >= 11 is 0. The third kappa shape index (κ3) is 6.75. The van der Waals surface area contributed by atoms with E-state index in [1.54, 1.807) is 24.3 Å². The van der Waals surface area contributed by atoms with Crippen LogP contribution < -0.4 is 10.1 Å². The van der Waals surface area contributed by atoms with Gasteiger partial charge in [0.1, 0.15) is 23.2 Å². The molecule has 0 bridgehead atoms. The van der Waals surface area contributed by atoms with Crippen LogP contribution >= 0.6 is 0 Å². The van der Waals surface area contributed by atoms with Crippen LogP contribution in [-0.4, -0.2) is 30.0 Å². The van der Waals surface area contributed by atoms with E-state index in [0.29, 0.717) is 16.5 Å². The molecular formula is C33H25F3N2O4. The normalized spacial score (nSPS) is 12.0. The molecule has 1 heterocycles. The highest BCUT2D eigenvalue weighted by atomic mass is 19.4. The fourth-order valence-electron chi connectivity index (χ4n) is 4.42. The summed E-state index contributed by atoms with van der Waals surface area (Å²) in [6, 6.07) is 27.6. The predicted octanol–water partition coefficient (Wildman–Crippen LogP) is 7.23. The predicted molar refractivity (Wildman–Crippen MR) is 152 cm³/mol. The van der Waals surface area contributed by atoms with E-state index < -0.39 is 29.7 Å². The molecule has 4 aromatic carbocycles. The van der Waals surface area contributed by atoms with Crippen LogP contribution in [-0.2, 0) is 22.1 Å². The van der Waals surface area contributed by atoms with Gasteiger partial charge in [-0.1, -0.05) is 54.6 Å². The maximum atomic E-state index is 13.1. The summed E-state index contributed by atoms with van der Waals surface area (Å²) in [6.45, 7) is 0. The van der Waals surface area contributed by atoms with Gasteiger partial charge in [-0.15, -0.1) is 0 Å². The van der Waals surface area contributed by atoms with Crippen LogP contribution in [0.1, 0.15) is 21.6 Å². The van der Waals surface area contributed by atoms with Crippen molar-refractivity contribution in [1.29, 1.82) is 0 Å². The zero-order valence-corrected chi connectivity index (χ0v) is 22.4. The van der Waals surface area contributed by atoms with E-state index in [2.05, 4.69) is 10.3 Å². The molecule has 6 nitrogen and oxygen atoms in total. The Morgan fingerprint density at radius 3 is 2.14 bits per heavy atom. The zero-order chi connectivity index (χ0) is 29.7. The second-order valence-corrected chi connectivity index (χ2v) is 9.52. The van der Waals surface area contributed by atoms with Crippen molar-refractivity contribution in [1.82, 2.24) is 10.3 Å². The first-order chi connectivity index (χ1) is 20.2. The summed E-state index contributed by atoms with van der Waals surface area (Å²) in [7, 11) is 1.26. The topological polar surface area (TPSA) is 77.5 Å². The van der Waals surface area contributed by atoms with E-state index in [9.17, 15) is 22.8 Å². The summed E-state index contributed by atoms with van der Waals surface area (Å²) in [4.78, 5) is 29.9. The molecule has 1 N–H and O–H groups in total. The first-order valence-corrected chi connectivity index (χ1v) is 13.0. The third-order valence-electron chi connectivity index (χ3n) is 6.64. The van der Waals surface area contributed by atoms with Gasteiger partial charge in [0.25, 0.3) is 5.91 Å². The van der Waals surface area contributed by atoms with Crippen molar-refractivity contribution in [2.45, 2.75) is 18.6 Å². The molecule has 0 unspecified atom stereocenters. The number of hydrogen-bond acceptors (Lipinski definition) is 5. The van der Waals surface area contributed by atoms with Crippen molar-refractivity contribution in [2.75, 3.05) is 7.11 Å². The van der Waals surface area contributed by atoms with Crippen LogP contribution in [0.15, 0.2) is 109 Å². The number of esters is 1. The number of ether oxygens (including phenoxy) is 2. The molecule has 0 aliphatic rings. The first-order valence-electron chi connectivity index (χ1n) is 13.0. The quantitative estimate of drug-likeness (QED) is 0.199. The zero-order valence-electron chi connectivity index (χ0n) is 22.4. The molecule has 0 spiro atoms. The molecule has 0 fully saturated rings. The Morgan fingerprint density at radius 2 is 1.48 bits per heavy atom. The van der Waals surface area contributed by atoms with Gasteiger partial charge in [0.2, 0.25) is 0 Å². The molecule has 212 valence electrons. The summed E-state index contributed by atoms with van der Waals surface area (Å²) in [5.41, 5.74) is 2.23. The lowest BCUT2D eigenvalue weighted by Crippen LogP contribution is -2.43. The molecular weight excluding hydrogens is 545 g/mol. The lowest BCUT2D eigenvalue weighted by Gasteiger charge is -2.17. The lowest BCUT2D eigenvalue weighted by molar-refractivity contribution is -0.143. The summed E-state index contributed by atoms with van der Waals surface area (Å²) < 4.78 is 49.2. The standard InChI is InChI=1S/C33H25F3N2O4/c1-41-32(40)30(17-21-7-9-23(10-8-21)22-5-3-2-4-6-22)38-31(39)29-19-25-18-28(14-11-24(25)20-37-29)42-27-15-12-26(13-16-27)33(34,35)36/h2-16,18-20,30H,17H2,1H3,(H,38,39)/t30-/m0/s1. The van der Waals surface area contributed by atoms with Gasteiger partial charge >= 0.3 is 12.1 Å². The Hall–Kier alpha value is -5.18. The molecule has 42 heavy (non-hydrogen) atoms. The summed E-state index contributed by atoms with van der Waals surface area (Å²) in [6.07, 6.45) is -2.71. The Bertz CT molecular complexity index is 1700. The van der Waals surface area contributed by atoms with Gasteiger partial charge in [0.05, 0.1) is 12.7 Å². The van der Waals surface area contributed by atoms with Crippen LogP contribution in [0.2, 0.25) is 0 Å². The van der Waals surface area contributed by atoms with E-state index in [0.717, 1.165) is 28.8 Å². The van der Waals surface area contributed by atoms with E-state index in [1.165, 1.54) is 25.4 Å². The number of methoxy groups -OCH3 is 1. The maximum absolute atomic E-state index is 13.1. The van der Waals surface area contributed by atoms with Crippen molar-refractivity contribution in [3.05, 3.63) is 126 Å². The molecule has 0 aliphatic carbocycles. The van der Waals surface area contributed by atoms with Gasteiger partial charge in [0, 0.05) is 18.0 Å². The molecule has 5 rings (SSSR count). The lowest BCUT2D eigenvalue weighted by atomic mass is 10.0. The number of aromatic nitrogens is 1. The molecule has 1 aromatic heterocycles. The number of halogens is 3. The number of alkyl halides is 3. The number of rotatable bonds is 8. The average Bonchev–Trinajstić information content (AvgIpc) is 3.00. The number of carbonyl (C=O) groups excluding carboxylic acids is 2. The largest absolute Gasteiger partial charge is 0.467 e. The molecule has 0 aliphatic heterocycles. The molecule has 1 atom stereocenters. The van der Waals surface area contributed by atoms with Crippen molar-refractivity contribution in [3.8, 4) is 22.6 Å². The Balaban J connectivity index is 1.30. The van der Waals surface area contributed by atoms with E-state index in [-0.39, 0.29) is 17.9 Å². The fraction of sp³-hybridized carbons (Fsp3) is 0.121. The number of hydrogen-bond donors (Lipinski definition) is 1. The monoisotopic (exact) mass is 570 g/mol. The number of pyridine rings is 1. The van der Waals surface area contributed by atoms with E-state index in [4.69, 9.17) is 9.47 Å². The van der Waals surface area contributed by atoms with Gasteiger partial charge in [0.15, 0.2) is 0 Å². The number of fused-ring (bicyclic) bond motifs is 1. The average molecular weight is 571 g/mol. The highest BCUT2D eigenvalue weighted by molar-refractivity contribution is 5.98. The van der Waals surface area contributed by atoms with E-state index >= 15 is 0 Å². The Labute approximate surface area is 239 Å². The van der Waals surface area contributed by atoms with Crippen molar-refractivity contribution in [3.63, 3.8) is 0 Å². The van der Waals surface area contributed by atoms with Crippen LogP contribution in [0.3, 0.4) is 0 Å². The van der Waals surface area contributed by atoms with Crippen molar-refractivity contribution in [2.24, 2.45) is 0 Å². The van der Waals surface area contributed by atoms with Gasteiger partial charge in [-0.3, -0.25) is 9.78 Å². The van der Waals surface area contributed by atoms with Crippen molar-refractivity contribution < 1.29 is 32.2 Å². The molecule has 1 amide bonds. The number of benzene rings is 4. The van der Waals surface area contributed by atoms with Crippen molar-refractivity contribution >= 4 is 22.6 Å². The summed E-state index contributed by atoms with van der Waals surface area (Å²) in [5.74, 6) is -0.566. The number of amides is 1. The second-order valence-electron chi connectivity index (χ2n) is 9.52. The van der Waals surface area contributed by atoms with Crippen LogP contribution in [0.25, 0.3) is 21.9 Å². The van der Waals surface area contributed by atoms with Crippen LogP contribution in [0.5, 0.6) is 11.5 Å². The minimum absolute atomic E-state index is 0.0718.